The fourth-order valence-electron chi connectivity index (χ4n) is 6.29. The molecule has 0 spiro atoms. The zero-order chi connectivity index (χ0) is 32.0. The molecule has 3 atom stereocenters. The van der Waals surface area contributed by atoms with E-state index in [-0.39, 0.29) is 49.6 Å². The molecule has 2 saturated heterocycles. The number of alkyl halides is 2. The second-order valence-electron chi connectivity index (χ2n) is 12.4. The van der Waals surface area contributed by atoms with E-state index in [1.165, 1.54) is 0 Å². The number of likely N-dealkylation sites (tertiary alicyclic amines) is 2. The summed E-state index contributed by atoms with van der Waals surface area (Å²) in [4.78, 5) is 48.1. The first-order chi connectivity index (χ1) is 21.6. The molecule has 0 aliphatic carbocycles. The Balaban J connectivity index is 1.31. The third-order valence-electron chi connectivity index (χ3n) is 8.75. The molecule has 1 aromatic carbocycles. The van der Waals surface area contributed by atoms with Crippen LogP contribution in [0.1, 0.15) is 56.6 Å². The second-order valence-corrected chi connectivity index (χ2v) is 12.4. The molecule has 2 aliphatic heterocycles. The van der Waals surface area contributed by atoms with Gasteiger partial charge in [0.15, 0.2) is 0 Å². The third-order valence-corrected chi connectivity index (χ3v) is 8.75. The minimum atomic E-state index is -2.90. The zero-order valence-corrected chi connectivity index (χ0v) is 25.9. The Labute approximate surface area is 261 Å². The molecule has 3 aromatic rings. The van der Waals surface area contributed by atoms with Gasteiger partial charge in [0, 0.05) is 65.0 Å². The number of hydrogen-bond donors (Lipinski definition) is 2. The van der Waals surface area contributed by atoms with Crippen molar-refractivity contribution in [3.63, 3.8) is 0 Å². The van der Waals surface area contributed by atoms with Crippen molar-refractivity contribution < 1.29 is 23.2 Å². The van der Waals surface area contributed by atoms with Crippen LogP contribution in [0.5, 0.6) is 0 Å². The Bertz CT molecular complexity index is 1470. The van der Waals surface area contributed by atoms with Gasteiger partial charge in [-0.3, -0.25) is 19.4 Å². The standard InChI is InChI=1S/C32H42F2N8O3/c1-32(33,34)11-14-36-25(6-8-29(43)41-15-3-4-16-41)31(45)42-21-24(17-22-9-12-35-13-10-22)19-28(42)30(44)37-20-23-5-7-27-26(18-23)38-39-40(27)2/h5,7,9-10,12-13,18,24-25,28,36H,3-4,6,8,11,14-17,19-21H2,1-2H3,(H,37,44)/t24-,25-,28+/m1/s1. The summed E-state index contributed by atoms with van der Waals surface area (Å²) in [7, 11) is 1.81. The monoisotopic (exact) mass is 624 g/mol. The molecule has 0 bridgehead atoms. The number of benzene rings is 1. The maximum absolute atomic E-state index is 14.1. The van der Waals surface area contributed by atoms with Gasteiger partial charge in [0.25, 0.3) is 0 Å². The Morgan fingerprint density at radius 3 is 2.58 bits per heavy atom. The average molecular weight is 625 g/mol. The molecular formula is C32H42F2N8O3. The molecule has 242 valence electrons. The smallest absolute Gasteiger partial charge is 0.246 e. The first kappa shape index (κ1) is 32.4. The van der Waals surface area contributed by atoms with Gasteiger partial charge in [0.1, 0.15) is 11.6 Å². The highest BCUT2D eigenvalue weighted by Gasteiger charge is 2.41. The Kier molecular flexibility index (Phi) is 10.4. The minimum Gasteiger partial charge on any atom is -0.350 e. The van der Waals surface area contributed by atoms with Crippen LogP contribution in [0.4, 0.5) is 8.78 Å². The van der Waals surface area contributed by atoms with Gasteiger partial charge in [-0.05, 0) is 80.3 Å². The Morgan fingerprint density at radius 2 is 1.84 bits per heavy atom. The molecule has 0 unspecified atom stereocenters. The van der Waals surface area contributed by atoms with Crippen molar-refractivity contribution in [2.75, 3.05) is 26.2 Å². The van der Waals surface area contributed by atoms with Crippen LogP contribution in [0.2, 0.25) is 0 Å². The van der Waals surface area contributed by atoms with E-state index in [0.717, 1.165) is 41.9 Å². The van der Waals surface area contributed by atoms with Crippen LogP contribution in [-0.4, -0.2) is 91.7 Å². The van der Waals surface area contributed by atoms with E-state index in [4.69, 9.17) is 0 Å². The van der Waals surface area contributed by atoms with Crippen molar-refractivity contribution in [1.82, 2.24) is 40.4 Å². The van der Waals surface area contributed by atoms with Gasteiger partial charge in [-0.2, -0.15) is 0 Å². The maximum atomic E-state index is 14.1. The molecule has 4 heterocycles. The molecular weight excluding hydrogens is 582 g/mol. The van der Waals surface area contributed by atoms with Gasteiger partial charge >= 0.3 is 0 Å². The van der Waals surface area contributed by atoms with Crippen molar-refractivity contribution >= 4 is 28.8 Å². The predicted octanol–water partition coefficient (Wildman–Crippen LogP) is 2.85. The van der Waals surface area contributed by atoms with E-state index in [0.29, 0.717) is 32.5 Å². The van der Waals surface area contributed by atoms with Crippen LogP contribution in [-0.2, 0) is 34.4 Å². The van der Waals surface area contributed by atoms with E-state index < -0.39 is 24.4 Å². The van der Waals surface area contributed by atoms with Crippen LogP contribution in [0, 0.1) is 5.92 Å². The summed E-state index contributed by atoms with van der Waals surface area (Å²) in [6.07, 6.45) is 6.30. The van der Waals surface area contributed by atoms with Crippen molar-refractivity contribution in [2.24, 2.45) is 13.0 Å². The topological polar surface area (TPSA) is 125 Å². The molecule has 2 aliphatic rings. The Hall–Kier alpha value is -4.00. The molecule has 2 N–H and O–H groups in total. The van der Waals surface area contributed by atoms with Gasteiger partial charge in [0.05, 0.1) is 11.6 Å². The number of nitrogens with zero attached hydrogens (tertiary/aromatic N) is 6. The molecule has 5 rings (SSSR count). The van der Waals surface area contributed by atoms with Crippen molar-refractivity contribution in [1.29, 1.82) is 0 Å². The highest BCUT2D eigenvalue weighted by Crippen LogP contribution is 2.28. The molecule has 2 fully saturated rings. The number of aromatic nitrogens is 4. The third kappa shape index (κ3) is 8.59. The SMILES string of the molecule is Cn1nnc2cc(CNC(=O)[C@@H]3C[C@@H](Cc4ccncc4)CN3C(=O)[C@@H](CCC(=O)N3CCCC3)NCCC(C)(F)F)ccc21. The van der Waals surface area contributed by atoms with E-state index in [1.54, 1.807) is 26.9 Å². The zero-order valence-electron chi connectivity index (χ0n) is 25.9. The lowest BCUT2D eigenvalue weighted by Gasteiger charge is -2.29. The van der Waals surface area contributed by atoms with Crippen LogP contribution in [0.3, 0.4) is 0 Å². The van der Waals surface area contributed by atoms with Crippen molar-refractivity contribution in [3.8, 4) is 0 Å². The summed E-state index contributed by atoms with van der Waals surface area (Å²) in [6.45, 7) is 2.73. The van der Waals surface area contributed by atoms with E-state index in [2.05, 4.69) is 25.9 Å². The summed E-state index contributed by atoms with van der Waals surface area (Å²) in [5.74, 6) is -3.56. The van der Waals surface area contributed by atoms with Crippen molar-refractivity contribution in [3.05, 3.63) is 53.9 Å². The van der Waals surface area contributed by atoms with Crippen molar-refractivity contribution in [2.45, 2.75) is 76.4 Å². The number of carbonyl (C=O) groups excluding carboxylic acids is 3. The Morgan fingerprint density at radius 1 is 1.09 bits per heavy atom. The van der Waals surface area contributed by atoms with Crippen LogP contribution < -0.4 is 10.6 Å². The maximum Gasteiger partial charge on any atom is 0.246 e. The first-order valence-corrected chi connectivity index (χ1v) is 15.7. The summed E-state index contributed by atoms with van der Waals surface area (Å²) < 4.78 is 29.0. The molecule has 3 amide bonds. The molecule has 13 heteroatoms. The molecule has 0 radical (unpaired) electrons. The number of nitrogens with one attached hydrogen (secondary N) is 2. The first-order valence-electron chi connectivity index (χ1n) is 15.7. The number of pyridine rings is 1. The summed E-state index contributed by atoms with van der Waals surface area (Å²) in [5.41, 5.74) is 3.49. The van der Waals surface area contributed by atoms with Crippen LogP contribution >= 0.6 is 0 Å². The number of aryl methyl sites for hydroxylation is 1. The summed E-state index contributed by atoms with van der Waals surface area (Å²) >= 11 is 0. The van der Waals surface area contributed by atoms with E-state index in [9.17, 15) is 23.2 Å². The van der Waals surface area contributed by atoms with E-state index in [1.807, 2.05) is 37.4 Å². The lowest BCUT2D eigenvalue weighted by Crippen LogP contribution is -2.53. The lowest BCUT2D eigenvalue weighted by atomic mass is 9.97. The molecule has 0 saturated carbocycles. The van der Waals surface area contributed by atoms with Gasteiger partial charge in [0.2, 0.25) is 23.6 Å². The summed E-state index contributed by atoms with van der Waals surface area (Å²) in [5, 5.41) is 14.2. The highest BCUT2D eigenvalue weighted by molar-refractivity contribution is 5.91. The second kappa shape index (κ2) is 14.4. The summed E-state index contributed by atoms with van der Waals surface area (Å²) in [6, 6.07) is 7.89. The quantitative estimate of drug-likeness (QED) is 0.300. The number of hydrogen-bond acceptors (Lipinski definition) is 7. The fourth-order valence-corrected chi connectivity index (χ4v) is 6.29. The molecule has 11 nitrogen and oxygen atoms in total. The number of fused-ring (bicyclic) bond motifs is 1. The number of rotatable bonds is 13. The number of carbonyl (C=O) groups is 3. The van der Waals surface area contributed by atoms with Gasteiger partial charge in [-0.15, -0.1) is 5.10 Å². The van der Waals surface area contributed by atoms with Crippen LogP contribution in [0.25, 0.3) is 11.0 Å². The number of halogens is 2. The number of amides is 3. The highest BCUT2D eigenvalue weighted by atomic mass is 19.3. The predicted molar refractivity (Wildman–Crippen MR) is 164 cm³/mol. The minimum absolute atomic E-state index is 0.00917. The normalized spacial score (nSPS) is 19.3. The fraction of sp³-hybridized carbons (Fsp3) is 0.562. The largest absolute Gasteiger partial charge is 0.350 e. The van der Waals surface area contributed by atoms with Crippen LogP contribution in [0.15, 0.2) is 42.7 Å². The van der Waals surface area contributed by atoms with Gasteiger partial charge < -0.3 is 20.4 Å². The van der Waals surface area contributed by atoms with Gasteiger partial charge in [-0.1, -0.05) is 11.3 Å². The molecule has 45 heavy (non-hydrogen) atoms. The van der Waals surface area contributed by atoms with Gasteiger partial charge in [-0.25, -0.2) is 13.5 Å². The van der Waals surface area contributed by atoms with E-state index >= 15 is 0 Å². The average Bonchev–Trinajstić information content (AvgIpc) is 3.78. The molecule has 2 aromatic heterocycles. The lowest BCUT2D eigenvalue weighted by molar-refractivity contribution is -0.140.